The van der Waals surface area contributed by atoms with Gasteiger partial charge in [-0.2, -0.15) is 0 Å². The molecule has 0 spiro atoms. The highest BCUT2D eigenvalue weighted by atomic mass is 16.4. The molecule has 0 aliphatic heterocycles. The van der Waals surface area contributed by atoms with Gasteiger partial charge in [-0.15, -0.1) is 10.2 Å². The number of carboxylic acids is 1. The van der Waals surface area contributed by atoms with E-state index in [9.17, 15) is 4.79 Å². The van der Waals surface area contributed by atoms with Gasteiger partial charge >= 0.3 is 5.97 Å². The van der Waals surface area contributed by atoms with Crippen molar-refractivity contribution in [3.8, 4) is 0 Å². The van der Waals surface area contributed by atoms with E-state index >= 15 is 0 Å². The van der Waals surface area contributed by atoms with Crippen LogP contribution in [0.1, 0.15) is 62.6 Å². The topological polar surface area (TPSA) is 76.2 Å². The molecule has 1 aromatic heterocycles. The Morgan fingerprint density at radius 3 is 2.63 bits per heavy atom. The van der Waals surface area contributed by atoms with Gasteiger partial charge in [0.15, 0.2) is 0 Å². The Balaban J connectivity index is 1.48. The van der Waals surface area contributed by atoms with E-state index in [4.69, 9.17) is 9.52 Å². The number of aromatic nitrogens is 2. The van der Waals surface area contributed by atoms with E-state index < -0.39 is 5.97 Å². The minimum absolute atomic E-state index is 0.216. The van der Waals surface area contributed by atoms with Crippen LogP contribution in [0.25, 0.3) is 0 Å². The number of aliphatic carboxylic acids is 1. The molecule has 2 aliphatic rings. The quantitative estimate of drug-likeness (QED) is 0.799. The fourth-order valence-corrected chi connectivity index (χ4v) is 3.41. The van der Waals surface area contributed by atoms with Gasteiger partial charge in [-0.25, -0.2) is 0 Å². The van der Waals surface area contributed by atoms with Crippen LogP contribution in [0.3, 0.4) is 0 Å². The van der Waals surface area contributed by atoms with Gasteiger partial charge in [-0.1, -0.05) is 12.8 Å². The fourth-order valence-electron chi connectivity index (χ4n) is 3.41. The first-order chi connectivity index (χ1) is 9.25. The number of unbranched alkanes of at least 4 members (excludes halogenated alkanes) is 1. The maximum Gasteiger partial charge on any atom is 0.303 e. The van der Waals surface area contributed by atoms with Gasteiger partial charge in [0.2, 0.25) is 11.8 Å². The summed E-state index contributed by atoms with van der Waals surface area (Å²) in [6.07, 6.45) is 7.68. The van der Waals surface area contributed by atoms with Crippen molar-refractivity contribution in [3.63, 3.8) is 0 Å². The summed E-state index contributed by atoms with van der Waals surface area (Å²) in [6.45, 7) is 0. The second kappa shape index (κ2) is 5.31. The minimum Gasteiger partial charge on any atom is -0.481 e. The molecule has 0 radical (unpaired) electrons. The van der Waals surface area contributed by atoms with Crippen molar-refractivity contribution >= 4 is 5.97 Å². The third-order valence-electron chi connectivity index (χ3n) is 4.46. The molecule has 1 aromatic rings. The van der Waals surface area contributed by atoms with Gasteiger partial charge in [0.1, 0.15) is 0 Å². The number of rotatable bonds is 6. The van der Waals surface area contributed by atoms with Crippen molar-refractivity contribution in [2.24, 2.45) is 11.8 Å². The molecule has 2 fully saturated rings. The van der Waals surface area contributed by atoms with Crippen LogP contribution in [0.5, 0.6) is 0 Å². The van der Waals surface area contributed by atoms with Crippen LogP contribution in [-0.2, 0) is 11.2 Å². The molecule has 0 bridgehead atoms. The summed E-state index contributed by atoms with van der Waals surface area (Å²) in [5, 5.41) is 16.8. The van der Waals surface area contributed by atoms with Crippen molar-refractivity contribution in [2.45, 2.75) is 57.3 Å². The van der Waals surface area contributed by atoms with Gasteiger partial charge < -0.3 is 9.52 Å². The molecule has 2 atom stereocenters. The summed E-state index contributed by atoms with van der Waals surface area (Å²) in [5.74, 6) is 2.84. The standard InChI is InChI=1S/C14H20N2O3/c17-12(18)8-4-3-7-11-15-16-14(19-11)13-9-5-1-2-6-10(9)13/h9-10,13H,1-8H2,(H,17,18). The van der Waals surface area contributed by atoms with Crippen LogP contribution in [0.4, 0.5) is 0 Å². The highest BCUT2D eigenvalue weighted by Gasteiger charge is 2.54. The van der Waals surface area contributed by atoms with Crippen molar-refractivity contribution in [1.29, 1.82) is 0 Å². The summed E-state index contributed by atoms with van der Waals surface area (Å²) in [4.78, 5) is 10.4. The smallest absolute Gasteiger partial charge is 0.303 e. The van der Waals surface area contributed by atoms with Crippen molar-refractivity contribution in [2.75, 3.05) is 0 Å². The molecule has 0 saturated heterocycles. The highest BCUT2D eigenvalue weighted by molar-refractivity contribution is 5.66. The number of nitrogens with zero attached hydrogens (tertiary/aromatic N) is 2. The maximum absolute atomic E-state index is 10.4. The predicted octanol–water partition coefficient (Wildman–Crippen LogP) is 2.77. The van der Waals surface area contributed by atoms with Crippen LogP contribution in [0.15, 0.2) is 4.42 Å². The molecule has 2 saturated carbocycles. The summed E-state index contributed by atoms with van der Waals surface area (Å²) < 4.78 is 5.74. The first-order valence-electron chi connectivity index (χ1n) is 7.30. The van der Waals surface area contributed by atoms with Gasteiger partial charge in [-0.05, 0) is 37.5 Å². The average molecular weight is 264 g/mol. The molecular formula is C14H20N2O3. The molecule has 5 heteroatoms. The maximum atomic E-state index is 10.4. The van der Waals surface area contributed by atoms with E-state index in [1.807, 2.05) is 0 Å². The van der Waals surface area contributed by atoms with Gasteiger partial charge in [0, 0.05) is 18.8 Å². The average Bonchev–Trinajstić information content (AvgIpc) is 2.95. The van der Waals surface area contributed by atoms with E-state index in [1.165, 1.54) is 25.7 Å². The molecule has 104 valence electrons. The van der Waals surface area contributed by atoms with Gasteiger partial charge in [0.25, 0.3) is 0 Å². The Hall–Kier alpha value is -1.39. The zero-order valence-electron chi connectivity index (χ0n) is 11.0. The number of hydrogen-bond donors (Lipinski definition) is 1. The summed E-state index contributed by atoms with van der Waals surface area (Å²) in [5.41, 5.74) is 0. The number of carbonyl (C=O) groups is 1. The third kappa shape index (κ3) is 2.80. The second-order valence-corrected chi connectivity index (χ2v) is 5.77. The van der Waals surface area contributed by atoms with Gasteiger partial charge in [0.05, 0.1) is 0 Å². The largest absolute Gasteiger partial charge is 0.481 e. The van der Waals surface area contributed by atoms with E-state index in [1.54, 1.807) is 0 Å². The van der Waals surface area contributed by atoms with Crippen LogP contribution in [0, 0.1) is 11.8 Å². The second-order valence-electron chi connectivity index (χ2n) is 5.77. The number of aryl methyl sites for hydroxylation is 1. The van der Waals surface area contributed by atoms with E-state index in [-0.39, 0.29) is 6.42 Å². The summed E-state index contributed by atoms with van der Waals surface area (Å²) in [7, 11) is 0. The van der Waals surface area contributed by atoms with Crippen molar-refractivity contribution in [3.05, 3.63) is 11.8 Å². The van der Waals surface area contributed by atoms with Crippen molar-refractivity contribution in [1.82, 2.24) is 10.2 Å². The zero-order chi connectivity index (χ0) is 13.2. The lowest BCUT2D eigenvalue weighted by molar-refractivity contribution is -0.137. The molecular weight excluding hydrogens is 244 g/mol. The van der Waals surface area contributed by atoms with Crippen LogP contribution >= 0.6 is 0 Å². The Kier molecular flexibility index (Phi) is 3.53. The monoisotopic (exact) mass is 264 g/mol. The van der Waals surface area contributed by atoms with Crippen LogP contribution in [0.2, 0.25) is 0 Å². The van der Waals surface area contributed by atoms with E-state index in [2.05, 4.69) is 10.2 Å². The molecule has 2 aliphatic carbocycles. The van der Waals surface area contributed by atoms with E-state index in [0.717, 1.165) is 24.1 Å². The Bertz CT molecular complexity index is 445. The lowest BCUT2D eigenvalue weighted by Gasteiger charge is -2.04. The normalized spacial score (nSPS) is 28.9. The summed E-state index contributed by atoms with van der Waals surface area (Å²) >= 11 is 0. The molecule has 3 rings (SSSR count). The minimum atomic E-state index is -0.742. The lowest BCUT2D eigenvalue weighted by atomic mass is 10.0. The SMILES string of the molecule is O=C(O)CCCCc1nnc(C2C3CCCCC32)o1. The Labute approximate surface area is 112 Å². The molecule has 19 heavy (non-hydrogen) atoms. The Morgan fingerprint density at radius 2 is 1.95 bits per heavy atom. The third-order valence-corrected chi connectivity index (χ3v) is 4.46. The first-order valence-corrected chi connectivity index (χ1v) is 7.30. The van der Waals surface area contributed by atoms with Gasteiger partial charge in [-0.3, -0.25) is 4.79 Å². The molecule has 2 unspecified atom stereocenters. The first kappa shape index (κ1) is 12.6. The number of carboxylic acid groups (broad SMARTS) is 1. The molecule has 0 aromatic carbocycles. The fraction of sp³-hybridized carbons (Fsp3) is 0.786. The molecule has 1 heterocycles. The summed E-state index contributed by atoms with van der Waals surface area (Å²) in [6, 6.07) is 0. The molecule has 5 nitrogen and oxygen atoms in total. The van der Waals surface area contributed by atoms with E-state index in [0.29, 0.717) is 24.7 Å². The molecule has 1 N–H and O–H groups in total. The Morgan fingerprint density at radius 1 is 1.21 bits per heavy atom. The number of fused-ring (bicyclic) bond motifs is 1. The van der Waals surface area contributed by atoms with Crippen LogP contribution in [-0.4, -0.2) is 21.3 Å². The predicted molar refractivity (Wildman–Crippen MR) is 67.7 cm³/mol. The highest BCUT2D eigenvalue weighted by Crippen LogP contribution is 2.60. The lowest BCUT2D eigenvalue weighted by Crippen LogP contribution is -1.95. The van der Waals surface area contributed by atoms with Crippen LogP contribution < -0.4 is 0 Å². The number of hydrogen-bond acceptors (Lipinski definition) is 4. The zero-order valence-corrected chi connectivity index (χ0v) is 11.0. The van der Waals surface area contributed by atoms with Crippen molar-refractivity contribution < 1.29 is 14.3 Å². The molecule has 0 amide bonds.